The van der Waals surface area contributed by atoms with Crippen LogP contribution >= 0.6 is 0 Å². The summed E-state index contributed by atoms with van der Waals surface area (Å²) in [5.41, 5.74) is 2.65. The maximum Gasteiger partial charge on any atom is 0.336 e. The van der Waals surface area contributed by atoms with E-state index < -0.39 is 11.9 Å². The Hall–Kier alpha value is -2.36. The Morgan fingerprint density at radius 2 is 1.76 bits per heavy atom. The minimum Gasteiger partial charge on any atom is -0.478 e. The van der Waals surface area contributed by atoms with Crippen LogP contribution in [0.4, 0.5) is 0 Å². The lowest BCUT2D eigenvalue weighted by Crippen LogP contribution is -1.95. The third-order valence-corrected chi connectivity index (χ3v) is 3.61. The second-order valence-electron chi connectivity index (χ2n) is 5.10. The van der Waals surface area contributed by atoms with Crippen molar-refractivity contribution in [2.24, 2.45) is 0 Å². The largest absolute Gasteiger partial charge is 0.478 e. The van der Waals surface area contributed by atoms with Crippen molar-refractivity contribution in [3.05, 3.63) is 47.0 Å². The summed E-state index contributed by atoms with van der Waals surface area (Å²) >= 11 is 0. The van der Waals surface area contributed by atoms with Crippen molar-refractivity contribution in [3.8, 4) is 11.1 Å². The fourth-order valence-electron chi connectivity index (χ4n) is 2.53. The molecule has 2 aliphatic carbocycles. The number of rotatable bonds is 6. The van der Waals surface area contributed by atoms with E-state index in [2.05, 4.69) is 6.92 Å². The molecule has 0 saturated carbocycles. The second-order valence-corrected chi connectivity index (χ2v) is 5.10. The van der Waals surface area contributed by atoms with Crippen molar-refractivity contribution in [1.82, 2.24) is 0 Å². The molecule has 0 bridgehead atoms. The summed E-state index contributed by atoms with van der Waals surface area (Å²) in [6.45, 7) is 2.11. The highest BCUT2D eigenvalue weighted by Crippen LogP contribution is 2.33. The van der Waals surface area contributed by atoms with Crippen molar-refractivity contribution in [3.63, 3.8) is 0 Å². The molecule has 2 rings (SSSR count). The molecule has 0 fully saturated rings. The SMILES string of the molecule is CCCCCc1cc(C(=O)O)c2cccc(C(=O)O)cc1-2. The monoisotopic (exact) mass is 286 g/mol. The molecule has 0 aromatic rings. The molecule has 2 N–H and O–H groups in total. The first-order valence-corrected chi connectivity index (χ1v) is 7.06. The molecule has 4 heteroatoms. The third kappa shape index (κ3) is 3.21. The van der Waals surface area contributed by atoms with Crippen molar-refractivity contribution in [2.75, 3.05) is 0 Å². The van der Waals surface area contributed by atoms with E-state index in [4.69, 9.17) is 5.11 Å². The van der Waals surface area contributed by atoms with Crippen LogP contribution in [0, 0.1) is 0 Å². The smallest absolute Gasteiger partial charge is 0.336 e. The molecule has 0 heterocycles. The first-order chi connectivity index (χ1) is 10.0. The summed E-state index contributed by atoms with van der Waals surface area (Å²) in [6.07, 6.45) is 3.88. The molecule has 0 unspecified atom stereocenters. The van der Waals surface area contributed by atoms with Crippen molar-refractivity contribution < 1.29 is 19.8 Å². The van der Waals surface area contributed by atoms with Crippen molar-refractivity contribution in [2.45, 2.75) is 32.6 Å². The Bertz CT molecular complexity index is 646. The maximum atomic E-state index is 11.4. The number of hydrogen-bond donors (Lipinski definition) is 2. The van der Waals surface area contributed by atoms with Gasteiger partial charge >= 0.3 is 11.9 Å². The van der Waals surface area contributed by atoms with Gasteiger partial charge in [-0.2, -0.15) is 0 Å². The van der Waals surface area contributed by atoms with Gasteiger partial charge in [0.05, 0.1) is 11.1 Å². The van der Waals surface area contributed by atoms with Crippen molar-refractivity contribution in [1.29, 1.82) is 0 Å². The lowest BCUT2D eigenvalue weighted by molar-refractivity contribution is 0.0687. The lowest BCUT2D eigenvalue weighted by atomic mass is 10.0. The second kappa shape index (κ2) is 6.39. The Morgan fingerprint density at radius 3 is 2.38 bits per heavy atom. The van der Waals surface area contributed by atoms with Gasteiger partial charge in [-0.25, -0.2) is 9.59 Å². The standard InChI is InChI=1S/C17H18O4/c1-2-3-4-6-11-9-15(17(20)21)13-8-5-7-12(16(18)19)10-14(11)13/h5,7-10H,2-4,6H2,1H3,(H,18,19)(H,20,21). The van der Waals surface area contributed by atoms with Gasteiger partial charge < -0.3 is 10.2 Å². The van der Waals surface area contributed by atoms with E-state index in [1.165, 1.54) is 6.07 Å². The van der Waals surface area contributed by atoms with Crippen LogP contribution in [0.5, 0.6) is 0 Å². The number of aryl methyl sites for hydroxylation is 1. The molecule has 0 spiro atoms. The van der Waals surface area contributed by atoms with Gasteiger partial charge in [-0.3, -0.25) is 0 Å². The number of aromatic carboxylic acids is 2. The topological polar surface area (TPSA) is 74.6 Å². The highest BCUT2D eigenvalue weighted by molar-refractivity contribution is 6.00. The van der Waals surface area contributed by atoms with E-state index in [0.29, 0.717) is 5.56 Å². The minimum atomic E-state index is -1.01. The Labute approximate surface area is 123 Å². The van der Waals surface area contributed by atoms with E-state index in [1.807, 2.05) is 0 Å². The first-order valence-electron chi connectivity index (χ1n) is 7.06. The van der Waals surface area contributed by atoms with Gasteiger partial charge in [0.25, 0.3) is 0 Å². The quantitative estimate of drug-likeness (QED) is 0.789. The number of fused-ring (bicyclic) bond motifs is 1. The van der Waals surface area contributed by atoms with E-state index in [9.17, 15) is 14.7 Å². The fourth-order valence-corrected chi connectivity index (χ4v) is 2.53. The number of carboxylic acid groups (broad SMARTS) is 2. The third-order valence-electron chi connectivity index (χ3n) is 3.61. The average Bonchev–Trinajstić information content (AvgIpc) is 2.63. The normalized spacial score (nSPS) is 10.7. The van der Waals surface area contributed by atoms with Crippen LogP contribution in [0.3, 0.4) is 0 Å². The molecular weight excluding hydrogens is 268 g/mol. The van der Waals surface area contributed by atoms with Crippen LogP contribution in [0.1, 0.15) is 52.5 Å². The molecular formula is C17H18O4. The summed E-state index contributed by atoms with van der Waals surface area (Å²) in [6, 6.07) is 8.01. The van der Waals surface area contributed by atoms with Gasteiger partial charge in [0, 0.05) is 0 Å². The van der Waals surface area contributed by atoms with Gasteiger partial charge in [0.2, 0.25) is 0 Å². The zero-order valence-corrected chi connectivity index (χ0v) is 11.9. The number of carboxylic acids is 2. The number of carbonyl (C=O) groups is 2. The number of unbranched alkanes of at least 4 members (excludes halogenated alkanes) is 2. The first kappa shape index (κ1) is 15.0. The summed E-state index contributed by atoms with van der Waals surface area (Å²) in [5.74, 6) is -1.99. The number of hydrogen-bond acceptors (Lipinski definition) is 2. The van der Waals surface area contributed by atoms with Crippen LogP contribution in [0.25, 0.3) is 11.1 Å². The summed E-state index contributed by atoms with van der Waals surface area (Å²) in [4.78, 5) is 22.5. The van der Waals surface area contributed by atoms with Crippen LogP contribution in [0.15, 0.2) is 30.3 Å². The Balaban J connectivity index is 2.53. The molecule has 2 aliphatic rings. The van der Waals surface area contributed by atoms with E-state index in [0.717, 1.165) is 36.8 Å². The summed E-state index contributed by atoms with van der Waals surface area (Å²) < 4.78 is 0. The molecule has 0 aliphatic heterocycles. The zero-order chi connectivity index (χ0) is 15.4. The minimum absolute atomic E-state index is 0.171. The molecule has 110 valence electrons. The van der Waals surface area contributed by atoms with Gasteiger partial charge in [0.15, 0.2) is 0 Å². The van der Waals surface area contributed by atoms with E-state index in [1.54, 1.807) is 24.3 Å². The molecule has 21 heavy (non-hydrogen) atoms. The Morgan fingerprint density at radius 1 is 1.00 bits per heavy atom. The molecule has 0 atom stereocenters. The van der Waals surface area contributed by atoms with Crippen LogP contribution < -0.4 is 0 Å². The predicted molar refractivity (Wildman–Crippen MR) is 80.2 cm³/mol. The molecule has 4 nitrogen and oxygen atoms in total. The fraction of sp³-hybridized carbons (Fsp3) is 0.294. The van der Waals surface area contributed by atoms with E-state index in [-0.39, 0.29) is 11.1 Å². The zero-order valence-electron chi connectivity index (χ0n) is 11.9. The van der Waals surface area contributed by atoms with Gasteiger partial charge in [-0.05, 0) is 47.7 Å². The maximum absolute atomic E-state index is 11.4. The molecule has 0 radical (unpaired) electrons. The van der Waals surface area contributed by atoms with Gasteiger partial charge in [-0.15, -0.1) is 0 Å². The summed E-state index contributed by atoms with van der Waals surface area (Å²) in [5, 5.41) is 18.5. The highest BCUT2D eigenvalue weighted by Gasteiger charge is 2.20. The van der Waals surface area contributed by atoms with Crippen molar-refractivity contribution >= 4 is 11.9 Å². The average molecular weight is 286 g/mol. The molecule has 0 aromatic carbocycles. The highest BCUT2D eigenvalue weighted by atomic mass is 16.4. The Kier molecular flexibility index (Phi) is 4.58. The lowest BCUT2D eigenvalue weighted by Gasteiger charge is -2.02. The van der Waals surface area contributed by atoms with Crippen LogP contribution in [-0.2, 0) is 6.42 Å². The van der Waals surface area contributed by atoms with Gasteiger partial charge in [-0.1, -0.05) is 31.9 Å². The summed E-state index contributed by atoms with van der Waals surface area (Å²) in [7, 11) is 0. The molecule has 0 saturated heterocycles. The predicted octanol–water partition coefficient (Wildman–Crippen LogP) is 3.92. The van der Waals surface area contributed by atoms with Crippen LogP contribution in [0.2, 0.25) is 0 Å². The molecule has 0 amide bonds. The van der Waals surface area contributed by atoms with E-state index >= 15 is 0 Å². The van der Waals surface area contributed by atoms with Crippen LogP contribution in [-0.4, -0.2) is 22.2 Å². The molecule has 0 aromatic heterocycles. The van der Waals surface area contributed by atoms with Gasteiger partial charge in [0.1, 0.15) is 0 Å².